The molecule has 0 N–H and O–H groups in total. The summed E-state index contributed by atoms with van der Waals surface area (Å²) >= 11 is 5.89. The Morgan fingerprint density at radius 2 is 1.83 bits per heavy atom. The largest absolute Gasteiger partial charge is 0.339 e. The summed E-state index contributed by atoms with van der Waals surface area (Å²) in [4.78, 5) is 18.5. The quantitative estimate of drug-likeness (QED) is 0.726. The highest BCUT2D eigenvalue weighted by atomic mass is 35.5. The third-order valence-electron chi connectivity index (χ3n) is 4.09. The zero-order chi connectivity index (χ0) is 16.5. The van der Waals surface area contributed by atoms with Crippen LogP contribution < -0.4 is 4.90 Å². The molecule has 1 atom stereocenters. The minimum atomic E-state index is -0.0914. The maximum Gasteiger partial charge on any atom is 0.232 e. The van der Waals surface area contributed by atoms with E-state index >= 15 is 0 Å². The van der Waals surface area contributed by atoms with Crippen LogP contribution in [0.2, 0.25) is 5.02 Å². The lowest BCUT2D eigenvalue weighted by Gasteiger charge is -2.15. The van der Waals surface area contributed by atoms with Crippen molar-refractivity contribution >= 4 is 23.2 Å². The summed E-state index contributed by atoms with van der Waals surface area (Å²) in [5.41, 5.74) is 1.72. The van der Waals surface area contributed by atoms with Gasteiger partial charge in [0.25, 0.3) is 0 Å². The Morgan fingerprint density at radius 3 is 2.58 bits per heavy atom. The molecule has 1 aromatic heterocycles. The van der Waals surface area contributed by atoms with Crippen LogP contribution in [0.25, 0.3) is 11.4 Å². The van der Waals surface area contributed by atoms with Gasteiger partial charge in [0.05, 0.1) is 5.92 Å². The van der Waals surface area contributed by atoms with E-state index in [1.807, 2.05) is 42.5 Å². The van der Waals surface area contributed by atoms with Crippen LogP contribution in [0.5, 0.6) is 0 Å². The summed E-state index contributed by atoms with van der Waals surface area (Å²) in [5.74, 6) is 0.975. The van der Waals surface area contributed by atoms with Gasteiger partial charge in [-0.2, -0.15) is 4.98 Å². The molecule has 120 valence electrons. The van der Waals surface area contributed by atoms with Gasteiger partial charge in [-0.05, 0) is 36.4 Å². The number of carbonyl (C=O) groups is 1. The molecular formula is C18H14ClN3O2. The fourth-order valence-corrected chi connectivity index (χ4v) is 2.97. The Hall–Kier alpha value is -2.66. The van der Waals surface area contributed by atoms with Crippen molar-refractivity contribution in [1.82, 2.24) is 10.1 Å². The molecule has 2 heterocycles. The van der Waals surface area contributed by atoms with Crippen molar-refractivity contribution in [2.75, 3.05) is 11.4 Å². The Bertz CT molecular complexity index is 861. The van der Waals surface area contributed by atoms with E-state index in [9.17, 15) is 4.79 Å². The van der Waals surface area contributed by atoms with Crippen LogP contribution in [0.15, 0.2) is 59.1 Å². The van der Waals surface area contributed by atoms with Crippen molar-refractivity contribution in [1.29, 1.82) is 0 Å². The van der Waals surface area contributed by atoms with Crippen LogP contribution in [-0.2, 0) is 4.79 Å². The number of hydrogen-bond donors (Lipinski definition) is 0. The van der Waals surface area contributed by atoms with Gasteiger partial charge in [-0.3, -0.25) is 4.79 Å². The minimum Gasteiger partial charge on any atom is -0.339 e. The molecule has 1 amide bonds. The molecule has 0 spiro atoms. The average Bonchev–Trinajstić information content (AvgIpc) is 3.23. The highest BCUT2D eigenvalue weighted by Gasteiger charge is 2.35. The Morgan fingerprint density at radius 1 is 1.08 bits per heavy atom. The fourth-order valence-electron chi connectivity index (χ4n) is 2.85. The molecule has 2 aromatic carbocycles. The molecule has 24 heavy (non-hydrogen) atoms. The van der Waals surface area contributed by atoms with Crippen LogP contribution in [0, 0.1) is 0 Å². The van der Waals surface area contributed by atoms with E-state index in [0.717, 1.165) is 11.3 Å². The number of nitrogens with zero attached hydrogens (tertiary/aromatic N) is 3. The summed E-state index contributed by atoms with van der Waals surface area (Å²) < 4.78 is 5.39. The van der Waals surface area contributed by atoms with Crippen molar-refractivity contribution in [3.63, 3.8) is 0 Å². The number of para-hydroxylation sites is 1. The van der Waals surface area contributed by atoms with Gasteiger partial charge < -0.3 is 9.42 Å². The Balaban J connectivity index is 1.55. The number of halogens is 1. The SMILES string of the molecule is O=C1C[C@H](c2nc(-c3ccc(Cl)cc3)no2)CN1c1ccccc1. The average molecular weight is 340 g/mol. The topological polar surface area (TPSA) is 59.2 Å². The number of amides is 1. The molecule has 6 heteroatoms. The lowest BCUT2D eigenvalue weighted by molar-refractivity contribution is -0.117. The second-order valence-corrected chi connectivity index (χ2v) is 6.14. The van der Waals surface area contributed by atoms with Crippen molar-refractivity contribution in [3.05, 3.63) is 65.5 Å². The van der Waals surface area contributed by atoms with Gasteiger partial charge in [0.15, 0.2) is 0 Å². The number of hydrogen-bond acceptors (Lipinski definition) is 4. The third kappa shape index (κ3) is 2.78. The van der Waals surface area contributed by atoms with E-state index in [-0.39, 0.29) is 11.8 Å². The molecule has 0 saturated carbocycles. The second kappa shape index (κ2) is 6.09. The number of aromatic nitrogens is 2. The van der Waals surface area contributed by atoms with Gasteiger partial charge >= 0.3 is 0 Å². The molecule has 3 aromatic rings. The van der Waals surface area contributed by atoms with Gasteiger partial charge in [0.1, 0.15) is 0 Å². The molecule has 1 saturated heterocycles. The molecule has 4 rings (SSSR count). The first-order valence-corrected chi connectivity index (χ1v) is 8.03. The standard InChI is InChI=1S/C18H14ClN3O2/c19-14-8-6-12(7-9-14)17-20-18(24-21-17)13-10-16(23)22(11-13)15-4-2-1-3-5-15/h1-9,13H,10-11H2/t13-/m0/s1. The zero-order valence-corrected chi connectivity index (χ0v) is 13.5. The summed E-state index contributed by atoms with van der Waals surface area (Å²) in [6.45, 7) is 0.547. The van der Waals surface area contributed by atoms with E-state index in [1.165, 1.54) is 0 Å². The summed E-state index contributed by atoms with van der Waals surface area (Å²) in [7, 11) is 0. The Labute approximate surface area is 143 Å². The van der Waals surface area contributed by atoms with E-state index in [1.54, 1.807) is 17.0 Å². The fraction of sp³-hybridized carbons (Fsp3) is 0.167. The highest BCUT2D eigenvalue weighted by molar-refractivity contribution is 6.30. The first-order valence-electron chi connectivity index (χ1n) is 7.65. The summed E-state index contributed by atoms with van der Waals surface area (Å²) in [6, 6.07) is 16.9. The van der Waals surface area contributed by atoms with Crippen LogP contribution in [0.3, 0.4) is 0 Å². The van der Waals surface area contributed by atoms with E-state index < -0.39 is 0 Å². The molecule has 1 aliphatic rings. The second-order valence-electron chi connectivity index (χ2n) is 5.70. The zero-order valence-electron chi connectivity index (χ0n) is 12.7. The number of benzene rings is 2. The predicted octanol–water partition coefficient (Wildman–Crippen LogP) is 3.91. The number of rotatable bonds is 3. The van der Waals surface area contributed by atoms with E-state index in [4.69, 9.17) is 16.1 Å². The smallest absolute Gasteiger partial charge is 0.232 e. The minimum absolute atomic E-state index is 0.0671. The first-order chi connectivity index (χ1) is 11.7. The van der Waals surface area contributed by atoms with E-state index in [0.29, 0.717) is 29.7 Å². The molecule has 5 nitrogen and oxygen atoms in total. The molecule has 0 aliphatic carbocycles. The van der Waals surface area contributed by atoms with Gasteiger partial charge in [-0.15, -0.1) is 0 Å². The number of anilines is 1. The molecule has 0 bridgehead atoms. The van der Waals surface area contributed by atoms with Gasteiger partial charge in [-0.1, -0.05) is 35.0 Å². The molecular weight excluding hydrogens is 326 g/mol. The van der Waals surface area contributed by atoms with Gasteiger partial charge in [0, 0.05) is 29.2 Å². The van der Waals surface area contributed by atoms with Gasteiger partial charge in [0.2, 0.25) is 17.6 Å². The van der Waals surface area contributed by atoms with Crippen molar-refractivity contribution in [2.45, 2.75) is 12.3 Å². The van der Waals surface area contributed by atoms with Crippen molar-refractivity contribution in [3.8, 4) is 11.4 Å². The highest BCUT2D eigenvalue weighted by Crippen LogP contribution is 2.31. The molecule has 1 aliphatic heterocycles. The normalized spacial score (nSPS) is 17.5. The monoisotopic (exact) mass is 339 g/mol. The first kappa shape index (κ1) is 14.9. The lowest BCUT2D eigenvalue weighted by Crippen LogP contribution is -2.24. The third-order valence-corrected chi connectivity index (χ3v) is 4.34. The van der Waals surface area contributed by atoms with Crippen LogP contribution in [0.1, 0.15) is 18.2 Å². The van der Waals surface area contributed by atoms with Crippen LogP contribution in [0.4, 0.5) is 5.69 Å². The summed E-state index contributed by atoms with van der Waals surface area (Å²) in [5, 5.41) is 4.68. The van der Waals surface area contributed by atoms with Crippen LogP contribution in [-0.4, -0.2) is 22.6 Å². The number of carbonyl (C=O) groups excluding carboxylic acids is 1. The van der Waals surface area contributed by atoms with Crippen molar-refractivity contribution < 1.29 is 9.32 Å². The molecule has 1 fully saturated rings. The van der Waals surface area contributed by atoms with Crippen molar-refractivity contribution in [2.24, 2.45) is 0 Å². The lowest BCUT2D eigenvalue weighted by atomic mass is 10.1. The maximum absolute atomic E-state index is 12.3. The molecule has 0 unspecified atom stereocenters. The predicted molar refractivity (Wildman–Crippen MR) is 90.9 cm³/mol. The van der Waals surface area contributed by atoms with Crippen LogP contribution >= 0.6 is 11.6 Å². The maximum atomic E-state index is 12.3. The van der Waals surface area contributed by atoms with Gasteiger partial charge in [-0.25, -0.2) is 0 Å². The summed E-state index contributed by atoms with van der Waals surface area (Å²) in [6.07, 6.45) is 0.372. The Kier molecular flexibility index (Phi) is 3.78. The van der Waals surface area contributed by atoms with E-state index in [2.05, 4.69) is 10.1 Å². The molecule has 0 radical (unpaired) electrons.